The maximum Gasteiger partial charge on any atom is 0.317 e. The second-order valence-electron chi connectivity index (χ2n) is 4.91. The Bertz CT molecular complexity index is 494. The summed E-state index contributed by atoms with van der Waals surface area (Å²) in [5.41, 5.74) is 0.752. The molecule has 0 heterocycles. The quantitative estimate of drug-likeness (QED) is 0.593. The number of nitrogens with one attached hydrogen (secondary N) is 1. The van der Waals surface area contributed by atoms with Gasteiger partial charge in [-0.25, -0.2) is 9.18 Å². The van der Waals surface area contributed by atoms with Crippen LogP contribution in [0.2, 0.25) is 0 Å². The highest BCUT2D eigenvalue weighted by atomic mass is 19.1. The summed E-state index contributed by atoms with van der Waals surface area (Å²) in [6.45, 7) is 3.26. The Morgan fingerprint density at radius 1 is 1.32 bits per heavy atom. The van der Waals surface area contributed by atoms with Crippen molar-refractivity contribution in [1.82, 2.24) is 10.2 Å². The Morgan fingerprint density at radius 2 is 2.09 bits per heavy atom. The molecule has 1 aromatic rings. The molecule has 0 spiro atoms. The number of nitrogens with zero attached hydrogens (tertiary/aromatic N) is 1. The molecule has 122 valence electrons. The molecule has 0 aromatic heterocycles. The third kappa shape index (κ3) is 6.56. The number of halogens is 1. The van der Waals surface area contributed by atoms with E-state index in [4.69, 9.17) is 0 Å². The standard InChI is InChI=1S/C16H23FN2O3/c1-3-19(12-13-7-6-8-14(17)11-13)16(21)18-10-5-4-9-15(20)22-2/h6-8,11H,3-5,9-10,12H2,1-2H3,(H,18,21). The number of ether oxygens (including phenoxy) is 1. The second-order valence-corrected chi connectivity index (χ2v) is 4.91. The molecule has 0 aliphatic rings. The molecule has 1 N–H and O–H groups in total. The van der Waals surface area contributed by atoms with Crippen LogP contribution in [0.15, 0.2) is 24.3 Å². The van der Waals surface area contributed by atoms with Crippen LogP contribution in [0.25, 0.3) is 0 Å². The van der Waals surface area contributed by atoms with Gasteiger partial charge in [0.05, 0.1) is 7.11 Å². The zero-order chi connectivity index (χ0) is 16.4. The van der Waals surface area contributed by atoms with Crippen molar-refractivity contribution >= 4 is 12.0 Å². The minimum atomic E-state index is -0.309. The van der Waals surface area contributed by atoms with E-state index in [-0.39, 0.29) is 17.8 Å². The predicted molar refractivity (Wildman–Crippen MR) is 81.7 cm³/mol. The van der Waals surface area contributed by atoms with Crippen molar-refractivity contribution in [3.8, 4) is 0 Å². The number of urea groups is 1. The van der Waals surface area contributed by atoms with Gasteiger partial charge < -0.3 is 15.0 Å². The van der Waals surface area contributed by atoms with Crippen LogP contribution < -0.4 is 5.32 Å². The van der Waals surface area contributed by atoms with Gasteiger partial charge in [-0.2, -0.15) is 0 Å². The lowest BCUT2D eigenvalue weighted by atomic mass is 10.2. The fourth-order valence-corrected chi connectivity index (χ4v) is 1.99. The topological polar surface area (TPSA) is 58.6 Å². The van der Waals surface area contributed by atoms with Crippen molar-refractivity contribution in [2.75, 3.05) is 20.2 Å². The van der Waals surface area contributed by atoms with Gasteiger partial charge in [-0.3, -0.25) is 4.79 Å². The Hall–Kier alpha value is -2.11. The highest BCUT2D eigenvalue weighted by molar-refractivity contribution is 5.74. The summed E-state index contributed by atoms with van der Waals surface area (Å²) in [7, 11) is 1.36. The maximum absolute atomic E-state index is 13.1. The minimum absolute atomic E-state index is 0.190. The number of carbonyl (C=O) groups is 2. The number of carbonyl (C=O) groups excluding carboxylic acids is 2. The Balaban J connectivity index is 2.33. The highest BCUT2D eigenvalue weighted by Gasteiger charge is 2.11. The average Bonchev–Trinajstić information content (AvgIpc) is 2.51. The molecule has 0 radical (unpaired) electrons. The molecular formula is C16H23FN2O3. The van der Waals surface area contributed by atoms with E-state index >= 15 is 0 Å². The molecule has 2 amide bonds. The van der Waals surface area contributed by atoms with Gasteiger partial charge in [0.15, 0.2) is 0 Å². The molecule has 5 nitrogen and oxygen atoms in total. The van der Waals surface area contributed by atoms with Crippen molar-refractivity contribution in [2.45, 2.75) is 32.7 Å². The number of hydrogen-bond acceptors (Lipinski definition) is 3. The van der Waals surface area contributed by atoms with E-state index in [0.29, 0.717) is 38.9 Å². The fraction of sp³-hybridized carbons (Fsp3) is 0.500. The van der Waals surface area contributed by atoms with Crippen LogP contribution in [0.5, 0.6) is 0 Å². The normalized spacial score (nSPS) is 10.1. The number of esters is 1. The first-order valence-corrected chi connectivity index (χ1v) is 7.40. The van der Waals surface area contributed by atoms with E-state index in [1.807, 2.05) is 6.92 Å². The molecule has 22 heavy (non-hydrogen) atoms. The largest absolute Gasteiger partial charge is 0.469 e. The zero-order valence-corrected chi connectivity index (χ0v) is 13.1. The van der Waals surface area contributed by atoms with Crippen LogP contribution in [-0.4, -0.2) is 37.1 Å². The summed E-state index contributed by atoms with van der Waals surface area (Å²) >= 11 is 0. The van der Waals surface area contributed by atoms with E-state index < -0.39 is 0 Å². The average molecular weight is 310 g/mol. The number of hydrogen-bond donors (Lipinski definition) is 1. The van der Waals surface area contributed by atoms with Gasteiger partial charge in [0, 0.05) is 26.1 Å². The van der Waals surface area contributed by atoms with Crippen LogP contribution in [0, 0.1) is 5.82 Å². The number of unbranched alkanes of at least 4 members (excludes halogenated alkanes) is 1. The summed E-state index contributed by atoms with van der Waals surface area (Å²) in [6.07, 6.45) is 1.73. The predicted octanol–water partition coefficient (Wildman–Crippen LogP) is 2.70. The van der Waals surface area contributed by atoms with Gasteiger partial charge in [0.2, 0.25) is 0 Å². The molecule has 6 heteroatoms. The molecule has 1 aromatic carbocycles. The summed E-state index contributed by atoms with van der Waals surface area (Å²) in [5, 5.41) is 2.80. The van der Waals surface area contributed by atoms with Gasteiger partial charge >= 0.3 is 12.0 Å². The lowest BCUT2D eigenvalue weighted by Gasteiger charge is -2.21. The summed E-state index contributed by atoms with van der Waals surface area (Å²) in [4.78, 5) is 24.6. The monoisotopic (exact) mass is 310 g/mol. The smallest absolute Gasteiger partial charge is 0.317 e. The van der Waals surface area contributed by atoms with Crippen molar-refractivity contribution in [3.63, 3.8) is 0 Å². The molecular weight excluding hydrogens is 287 g/mol. The van der Waals surface area contributed by atoms with Crippen molar-refractivity contribution < 1.29 is 18.7 Å². The molecule has 1 rings (SSSR count). The fourth-order valence-electron chi connectivity index (χ4n) is 1.99. The lowest BCUT2D eigenvalue weighted by Crippen LogP contribution is -2.39. The lowest BCUT2D eigenvalue weighted by molar-refractivity contribution is -0.140. The molecule has 0 fully saturated rings. The maximum atomic E-state index is 13.1. The third-order valence-electron chi connectivity index (χ3n) is 3.24. The molecule has 0 aliphatic carbocycles. The third-order valence-corrected chi connectivity index (χ3v) is 3.24. The first-order chi connectivity index (χ1) is 10.6. The number of rotatable bonds is 8. The van der Waals surface area contributed by atoms with Gasteiger partial charge in [0.1, 0.15) is 5.82 Å². The van der Waals surface area contributed by atoms with Crippen LogP contribution in [-0.2, 0) is 16.1 Å². The summed E-state index contributed by atoms with van der Waals surface area (Å²) in [6, 6.07) is 6.02. The molecule has 0 aliphatic heterocycles. The highest BCUT2D eigenvalue weighted by Crippen LogP contribution is 2.07. The van der Waals surface area contributed by atoms with Crippen LogP contribution in [0.1, 0.15) is 31.7 Å². The van der Waals surface area contributed by atoms with Gasteiger partial charge in [-0.15, -0.1) is 0 Å². The van der Waals surface area contributed by atoms with E-state index in [0.717, 1.165) is 5.56 Å². The van der Waals surface area contributed by atoms with Crippen LogP contribution >= 0.6 is 0 Å². The van der Waals surface area contributed by atoms with Gasteiger partial charge in [-0.05, 0) is 37.5 Å². The first-order valence-electron chi connectivity index (χ1n) is 7.40. The SMILES string of the molecule is CCN(Cc1cccc(F)c1)C(=O)NCCCCC(=O)OC. The summed E-state index contributed by atoms with van der Waals surface area (Å²) in [5.74, 6) is -0.551. The Kier molecular flexibility index (Phi) is 7.96. The van der Waals surface area contributed by atoms with Gasteiger partial charge in [-0.1, -0.05) is 12.1 Å². The number of benzene rings is 1. The van der Waals surface area contributed by atoms with Crippen molar-refractivity contribution in [2.24, 2.45) is 0 Å². The second kappa shape index (κ2) is 9.76. The molecule has 0 bridgehead atoms. The molecule has 0 unspecified atom stereocenters. The Labute approximate surface area is 130 Å². The van der Waals surface area contributed by atoms with Crippen molar-refractivity contribution in [1.29, 1.82) is 0 Å². The first kappa shape index (κ1) is 17.9. The molecule has 0 atom stereocenters. The number of methoxy groups -OCH3 is 1. The molecule has 0 saturated carbocycles. The summed E-state index contributed by atoms with van der Waals surface area (Å²) < 4.78 is 17.7. The van der Waals surface area contributed by atoms with E-state index in [2.05, 4.69) is 10.1 Å². The van der Waals surface area contributed by atoms with E-state index in [9.17, 15) is 14.0 Å². The molecule has 0 saturated heterocycles. The zero-order valence-electron chi connectivity index (χ0n) is 13.1. The van der Waals surface area contributed by atoms with Crippen molar-refractivity contribution in [3.05, 3.63) is 35.6 Å². The Morgan fingerprint density at radius 3 is 2.73 bits per heavy atom. The van der Waals surface area contributed by atoms with E-state index in [1.165, 1.54) is 19.2 Å². The van der Waals surface area contributed by atoms with Gasteiger partial charge in [0.25, 0.3) is 0 Å². The number of amides is 2. The van der Waals surface area contributed by atoms with Crippen LogP contribution in [0.4, 0.5) is 9.18 Å². The van der Waals surface area contributed by atoms with E-state index in [1.54, 1.807) is 17.0 Å². The van der Waals surface area contributed by atoms with Crippen LogP contribution in [0.3, 0.4) is 0 Å². The minimum Gasteiger partial charge on any atom is -0.469 e.